The van der Waals surface area contributed by atoms with Crippen molar-refractivity contribution in [2.24, 2.45) is 10.6 Å². The fourth-order valence-corrected chi connectivity index (χ4v) is 2.96. The lowest BCUT2D eigenvalue weighted by Crippen LogP contribution is -2.27. The van der Waals surface area contributed by atoms with Crippen LogP contribution >= 0.6 is 0 Å². The van der Waals surface area contributed by atoms with Crippen LogP contribution < -0.4 is 0 Å². The van der Waals surface area contributed by atoms with E-state index in [2.05, 4.69) is 36.3 Å². The Hall–Kier alpha value is -2.43. The maximum absolute atomic E-state index is 11.1. The highest BCUT2D eigenvalue weighted by molar-refractivity contribution is 6.03. The van der Waals surface area contributed by atoms with E-state index in [9.17, 15) is 4.79 Å². The average Bonchev–Trinajstić information content (AvgIpc) is 2.87. The predicted octanol–water partition coefficient (Wildman–Crippen LogP) is 3.51. The van der Waals surface area contributed by atoms with Crippen molar-refractivity contribution in [3.05, 3.63) is 52.9 Å². The molecule has 3 rings (SSSR count). The molecule has 1 aliphatic rings. The Kier molecular flexibility index (Phi) is 4.03. The van der Waals surface area contributed by atoms with E-state index in [0.29, 0.717) is 6.42 Å². The number of nitrogens with zero attached hydrogens (tertiary/aromatic N) is 2. The molecule has 1 heterocycles. The second-order valence-electron chi connectivity index (χ2n) is 6.73. The molecule has 0 aliphatic heterocycles. The topological polar surface area (TPSA) is 64.7 Å². The van der Waals surface area contributed by atoms with Crippen molar-refractivity contribution in [2.45, 2.75) is 40.0 Å². The summed E-state index contributed by atoms with van der Waals surface area (Å²) in [6.45, 7) is 5.62. The Labute approximate surface area is 135 Å². The standard InChI is InChI=1S/C18H20N2O3/c1-12(21)22-20-15-10-18(2,3)11-16-17(15)14(19-23-16)9-13-7-5-4-6-8-13/h4-8H,9-11H2,1-3H3. The third-order valence-electron chi connectivity index (χ3n) is 3.91. The Morgan fingerprint density at radius 2 is 2.04 bits per heavy atom. The van der Waals surface area contributed by atoms with Gasteiger partial charge in [0.2, 0.25) is 0 Å². The van der Waals surface area contributed by atoms with E-state index in [1.807, 2.05) is 18.2 Å². The second kappa shape index (κ2) is 5.99. The van der Waals surface area contributed by atoms with Crippen LogP contribution in [0.4, 0.5) is 0 Å². The van der Waals surface area contributed by atoms with Gasteiger partial charge >= 0.3 is 5.97 Å². The van der Waals surface area contributed by atoms with Crippen LogP contribution in [-0.2, 0) is 22.5 Å². The van der Waals surface area contributed by atoms with Crippen LogP contribution in [0, 0.1) is 5.41 Å². The van der Waals surface area contributed by atoms with Crippen LogP contribution in [-0.4, -0.2) is 16.8 Å². The maximum Gasteiger partial charge on any atom is 0.331 e. The molecule has 5 heteroatoms. The molecular formula is C18H20N2O3. The summed E-state index contributed by atoms with van der Waals surface area (Å²) >= 11 is 0. The maximum atomic E-state index is 11.1. The molecule has 0 bridgehead atoms. The van der Waals surface area contributed by atoms with Crippen LogP contribution in [0.2, 0.25) is 0 Å². The van der Waals surface area contributed by atoms with Crippen LogP contribution in [0.3, 0.4) is 0 Å². The molecular weight excluding hydrogens is 292 g/mol. The molecule has 0 spiro atoms. The van der Waals surface area contributed by atoms with Gasteiger partial charge in [-0.05, 0) is 17.4 Å². The molecule has 2 aromatic rings. The lowest BCUT2D eigenvalue weighted by atomic mass is 9.75. The molecule has 1 aromatic carbocycles. The number of benzene rings is 1. The molecule has 0 fully saturated rings. The van der Waals surface area contributed by atoms with E-state index in [-0.39, 0.29) is 5.41 Å². The van der Waals surface area contributed by atoms with Gasteiger partial charge in [-0.25, -0.2) is 4.79 Å². The zero-order chi connectivity index (χ0) is 16.4. The van der Waals surface area contributed by atoms with Crippen molar-refractivity contribution in [1.82, 2.24) is 5.16 Å². The van der Waals surface area contributed by atoms with Crippen LogP contribution in [0.15, 0.2) is 40.0 Å². The van der Waals surface area contributed by atoms with Gasteiger partial charge < -0.3 is 9.36 Å². The van der Waals surface area contributed by atoms with Gasteiger partial charge in [-0.3, -0.25) is 0 Å². The lowest BCUT2D eigenvalue weighted by Gasteiger charge is -2.28. The summed E-state index contributed by atoms with van der Waals surface area (Å²) in [6, 6.07) is 10.1. The molecule has 0 unspecified atom stereocenters. The third kappa shape index (κ3) is 3.50. The highest BCUT2D eigenvalue weighted by atomic mass is 16.7. The quantitative estimate of drug-likeness (QED) is 0.642. The number of fused-ring (bicyclic) bond motifs is 1. The van der Waals surface area contributed by atoms with Gasteiger partial charge in [0.15, 0.2) is 0 Å². The van der Waals surface area contributed by atoms with Crippen molar-refractivity contribution >= 4 is 11.7 Å². The number of rotatable bonds is 3. The SMILES string of the molecule is CC(=O)ON=C1CC(C)(C)Cc2onc(Cc3ccccc3)c21. The fraction of sp³-hybridized carbons (Fsp3) is 0.389. The van der Waals surface area contributed by atoms with Crippen LogP contribution in [0.25, 0.3) is 0 Å². The van der Waals surface area contributed by atoms with Gasteiger partial charge in [-0.15, -0.1) is 0 Å². The zero-order valence-corrected chi connectivity index (χ0v) is 13.6. The van der Waals surface area contributed by atoms with Gasteiger partial charge in [-0.2, -0.15) is 0 Å². The van der Waals surface area contributed by atoms with Gasteiger partial charge in [0, 0.05) is 19.8 Å². The summed E-state index contributed by atoms with van der Waals surface area (Å²) in [5.41, 5.74) is 3.62. The summed E-state index contributed by atoms with van der Waals surface area (Å²) in [5, 5.41) is 8.30. The smallest absolute Gasteiger partial charge is 0.331 e. The first-order chi connectivity index (χ1) is 10.9. The van der Waals surface area contributed by atoms with Crippen LogP contribution in [0.1, 0.15) is 49.8 Å². The minimum absolute atomic E-state index is 0.00443. The van der Waals surface area contributed by atoms with E-state index in [4.69, 9.17) is 9.36 Å². The van der Waals surface area contributed by atoms with Gasteiger partial charge in [0.1, 0.15) is 5.76 Å². The van der Waals surface area contributed by atoms with Crippen LogP contribution in [0.5, 0.6) is 0 Å². The largest absolute Gasteiger partial charge is 0.360 e. The summed E-state index contributed by atoms with van der Waals surface area (Å²) in [6.07, 6.45) is 2.18. The number of hydrogen-bond acceptors (Lipinski definition) is 5. The van der Waals surface area contributed by atoms with Gasteiger partial charge in [0.05, 0.1) is 17.0 Å². The minimum Gasteiger partial charge on any atom is -0.360 e. The number of oxime groups is 1. The monoisotopic (exact) mass is 312 g/mol. The predicted molar refractivity (Wildman–Crippen MR) is 86.2 cm³/mol. The molecule has 0 atom stereocenters. The van der Waals surface area contributed by atoms with Crippen molar-refractivity contribution in [3.63, 3.8) is 0 Å². The molecule has 1 aromatic heterocycles. The first kappa shape index (κ1) is 15.5. The molecule has 1 aliphatic carbocycles. The number of aromatic nitrogens is 1. The lowest BCUT2D eigenvalue weighted by molar-refractivity contribution is -0.140. The summed E-state index contributed by atoms with van der Waals surface area (Å²) in [5.74, 6) is 0.390. The normalized spacial score (nSPS) is 17.8. The minimum atomic E-state index is -0.427. The van der Waals surface area contributed by atoms with E-state index in [1.54, 1.807) is 0 Å². The molecule has 0 saturated carbocycles. The average molecular weight is 312 g/mol. The Balaban J connectivity index is 1.98. The molecule has 0 radical (unpaired) electrons. The summed E-state index contributed by atoms with van der Waals surface area (Å²) < 4.78 is 5.56. The molecule has 0 N–H and O–H groups in total. The van der Waals surface area contributed by atoms with E-state index in [0.717, 1.165) is 41.1 Å². The number of hydrogen-bond donors (Lipinski definition) is 0. The second-order valence-corrected chi connectivity index (χ2v) is 6.73. The summed E-state index contributed by atoms with van der Waals surface area (Å²) in [4.78, 5) is 16.0. The van der Waals surface area contributed by atoms with Gasteiger partial charge in [-0.1, -0.05) is 54.5 Å². The van der Waals surface area contributed by atoms with Gasteiger partial charge in [0.25, 0.3) is 0 Å². The third-order valence-corrected chi connectivity index (χ3v) is 3.91. The fourth-order valence-electron chi connectivity index (χ4n) is 2.96. The number of carbonyl (C=O) groups is 1. The first-order valence-electron chi connectivity index (χ1n) is 7.71. The van der Waals surface area contributed by atoms with Crippen molar-refractivity contribution in [2.75, 3.05) is 0 Å². The number of carbonyl (C=O) groups excluding carboxylic acids is 1. The first-order valence-corrected chi connectivity index (χ1v) is 7.71. The summed E-state index contributed by atoms with van der Waals surface area (Å²) in [7, 11) is 0. The molecule has 23 heavy (non-hydrogen) atoms. The van der Waals surface area contributed by atoms with E-state index < -0.39 is 5.97 Å². The van der Waals surface area contributed by atoms with E-state index >= 15 is 0 Å². The Morgan fingerprint density at radius 1 is 1.30 bits per heavy atom. The highest BCUT2D eigenvalue weighted by Gasteiger charge is 2.35. The Bertz CT molecular complexity index is 745. The van der Waals surface area contributed by atoms with Crippen molar-refractivity contribution in [1.29, 1.82) is 0 Å². The van der Waals surface area contributed by atoms with Crippen molar-refractivity contribution in [3.8, 4) is 0 Å². The van der Waals surface area contributed by atoms with Crippen molar-refractivity contribution < 1.29 is 14.2 Å². The molecule has 0 amide bonds. The highest BCUT2D eigenvalue weighted by Crippen LogP contribution is 2.37. The zero-order valence-electron chi connectivity index (χ0n) is 13.6. The van der Waals surface area contributed by atoms with E-state index in [1.165, 1.54) is 6.92 Å². The molecule has 0 saturated heterocycles. The molecule has 120 valence electrons. The molecule has 5 nitrogen and oxygen atoms in total. The Morgan fingerprint density at radius 3 is 2.74 bits per heavy atom.